The maximum Gasteiger partial charge on any atom is 0.230 e. The Morgan fingerprint density at radius 2 is 2.00 bits per heavy atom. The van der Waals surface area contributed by atoms with E-state index >= 15 is 0 Å². The second-order valence-corrected chi connectivity index (χ2v) is 6.70. The van der Waals surface area contributed by atoms with Gasteiger partial charge in [0, 0.05) is 17.3 Å². The van der Waals surface area contributed by atoms with Gasteiger partial charge in [-0.3, -0.25) is 4.79 Å². The molecule has 2 heterocycles. The van der Waals surface area contributed by atoms with Gasteiger partial charge < -0.3 is 9.72 Å². The third-order valence-corrected chi connectivity index (χ3v) is 4.87. The number of thioether (sulfide) groups is 1. The highest BCUT2D eigenvalue weighted by molar-refractivity contribution is 8.00. The van der Waals surface area contributed by atoms with Gasteiger partial charge in [0.05, 0.1) is 28.0 Å². The molecule has 0 aliphatic rings. The number of carbonyl (C=O) groups is 1. The summed E-state index contributed by atoms with van der Waals surface area (Å²) in [4.78, 5) is 17.3. The molecule has 0 radical (unpaired) electrons. The zero-order valence-corrected chi connectivity index (χ0v) is 14.3. The van der Waals surface area contributed by atoms with Gasteiger partial charge in [0.1, 0.15) is 5.65 Å². The SMILES string of the molecule is O=C(CSc1ccccc1Cl)NCc1cn2cc(Cl)ccc2n1. The minimum atomic E-state index is -0.0648. The van der Waals surface area contributed by atoms with Crippen molar-refractivity contribution in [1.82, 2.24) is 14.7 Å². The molecule has 0 aliphatic carbocycles. The minimum Gasteiger partial charge on any atom is -0.350 e. The molecule has 4 nitrogen and oxygen atoms in total. The van der Waals surface area contributed by atoms with E-state index in [-0.39, 0.29) is 5.91 Å². The zero-order valence-electron chi connectivity index (χ0n) is 12.0. The van der Waals surface area contributed by atoms with E-state index in [1.165, 1.54) is 11.8 Å². The number of nitrogens with one attached hydrogen (secondary N) is 1. The molecule has 0 fully saturated rings. The highest BCUT2D eigenvalue weighted by Crippen LogP contribution is 2.26. The molecule has 7 heteroatoms. The molecular formula is C16H13Cl2N3OS. The number of carbonyl (C=O) groups excluding carboxylic acids is 1. The van der Waals surface area contributed by atoms with Gasteiger partial charge in [-0.15, -0.1) is 11.8 Å². The van der Waals surface area contributed by atoms with Gasteiger partial charge in [-0.05, 0) is 24.3 Å². The van der Waals surface area contributed by atoms with Crippen LogP contribution in [0.25, 0.3) is 5.65 Å². The van der Waals surface area contributed by atoms with Crippen LogP contribution in [-0.2, 0) is 11.3 Å². The Labute approximate surface area is 147 Å². The molecule has 3 aromatic rings. The number of imidazole rings is 1. The van der Waals surface area contributed by atoms with Gasteiger partial charge in [0.15, 0.2) is 0 Å². The summed E-state index contributed by atoms with van der Waals surface area (Å²) >= 11 is 13.4. The highest BCUT2D eigenvalue weighted by atomic mass is 35.5. The molecule has 1 N–H and O–H groups in total. The van der Waals surface area contributed by atoms with Crippen LogP contribution in [-0.4, -0.2) is 21.0 Å². The van der Waals surface area contributed by atoms with Crippen molar-refractivity contribution in [3.63, 3.8) is 0 Å². The summed E-state index contributed by atoms with van der Waals surface area (Å²) in [5, 5.41) is 4.15. The van der Waals surface area contributed by atoms with Crippen molar-refractivity contribution < 1.29 is 4.79 Å². The molecule has 1 amide bonds. The normalized spacial score (nSPS) is 10.9. The van der Waals surface area contributed by atoms with Crippen LogP contribution in [0.15, 0.2) is 53.7 Å². The van der Waals surface area contributed by atoms with E-state index in [0.717, 1.165) is 16.2 Å². The number of hydrogen-bond donors (Lipinski definition) is 1. The number of hydrogen-bond acceptors (Lipinski definition) is 3. The van der Waals surface area contributed by atoms with Gasteiger partial charge in [-0.1, -0.05) is 35.3 Å². The summed E-state index contributed by atoms with van der Waals surface area (Å²) in [6, 6.07) is 11.1. The summed E-state index contributed by atoms with van der Waals surface area (Å²) in [5.41, 5.74) is 1.58. The first-order chi connectivity index (χ1) is 11.1. The summed E-state index contributed by atoms with van der Waals surface area (Å²) < 4.78 is 1.84. The van der Waals surface area contributed by atoms with Crippen LogP contribution in [0, 0.1) is 0 Å². The molecule has 3 rings (SSSR count). The minimum absolute atomic E-state index is 0.0648. The molecule has 0 bridgehead atoms. The van der Waals surface area contributed by atoms with E-state index in [0.29, 0.717) is 22.3 Å². The Kier molecular flexibility index (Phi) is 5.10. The molecule has 23 heavy (non-hydrogen) atoms. The van der Waals surface area contributed by atoms with Crippen molar-refractivity contribution in [2.24, 2.45) is 0 Å². The molecule has 0 aliphatic heterocycles. The van der Waals surface area contributed by atoms with Gasteiger partial charge in [0.2, 0.25) is 5.91 Å². The summed E-state index contributed by atoms with van der Waals surface area (Å²) in [5.74, 6) is 0.244. The molecule has 1 aromatic carbocycles. The van der Waals surface area contributed by atoms with Crippen molar-refractivity contribution >= 4 is 46.5 Å². The number of benzene rings is 1. The van der Waals surface area contributed by atoms with E-state index in [2.05, 4.69) is 10.3 Å². The van der Waals surface area contributed by atoms with Gasteiger partial charge in [-0.2, -0.15) is 0 Å². The Morgan fingerprint density at radius 3 is 2.83 bits per heavy atom. The molecule has 2 aromatic heterocycles. The van der Waals surface area contributed by atoms with Crippen molar-refractivity contribution in [2.45, 2.75) is 11.4 Å². The average molecular weight is 366 g/mol. The Balaban J connectivity index is 1.54. The number of amides is 1. The van der Waals surface area contributed by atoms with Crippen LogP contribution in [0.1, 0.15) is 5.69 Å². The Bertz CT molecular complexity index is 850. The first-order valence-corrected chi connectivity index (χ1v) is 8.63. The fraction of sp³-hybridized carbons (Fsp3) is 0.125. The molecule has 0 saturated heterocycles. The smallest absolute Gasteiger partial charge is 0.230 e. The van der Waals surface area contributed by atoms with Crippen LogP contribution >= 0.6 is 35.0 Å². The number of nitrogens with zero attached hydrogens (tertiary/aromatic N) is 2. The lowest BCUT2D eigenvalue weighted by atomic mass is 10.4. The maximum absolute atomic E-state index is 11.9. The quantitative estimate of drug-likeness (QED) is 0.693. The fourth-order valence-corrected chi connectivity index (χ4v) is 3.28. The third kappa shape index (κ3) is 4.19. The molecule has 0 saturated carbocycles. The largest absolute Gasteiger partial charge is 0.350 e. The monoisotopic (exact) mass is 365 g/mol. The Morgan fingerprint density at radius 1 is 1.17 bits per heavy atom. The van der Waals surface area contributed by atoms with Crippen LogP contribution in [0.2, 0.25) is 10.0 Å². The van der Waals surface area contributed by atoms with Crippen LogP contribution < -0.4 is 5.32 Å². The lowest BCUT2D eigenvalue weighted by molar-refractivity contribution is -0.118. The summed E-state index contributed by atoms with van der Waals surface area (Å²) in [6.45, 7) is 0.376. The second kappa shape index (κ2) is 7.25. The van der Waals surface area contributed by atoms with E-state index in [1.807, 2.05) is 40.9 Å². The summed E-state index contributed by atoms with van der Waals surface area (Å²) in [6.07, 6.45) is 3.63. The average Bonchev–Trinajstić information content (AvgIpc) is 2.94. The number of pyridine rings is 1. The van der Waals surface area contributed by atoms with Gasteiger partial charge >= 0.3 is 0 Å². The van der Waals surface area contributed by atoms with Crippen molar-refractivity contribution in [3.05, 3.63) is 64.5 Å². The molecule has 0 spiro atoms. The predicted octanol–water partition coefficient (Wildman–Crippen LogP) is 4.05. The number of rotatable bonds is 5. The molecular weight excluding hydrogens is 353 g/mol. The molecule has 118 valence electrons. The fourth-order valence-electron chi connectivity index (χ4n) is 2.05. The van der Waals surface area contributed by atoms with Crippen molar-refractivity contribution in [3.8, 4) is 0 Å². The van der Waals surface area contributed by atoms with E-state index in [1.54, 1.807) is 12.3 Å². The second-order valence-electron chi connectivity index (χ2n) is 4.84. The van der Waals surface area contributed by atoms with E-state index < -0.39 is 0 Å². The van der Waals surface area contributed by atoms with Gasteiger partial charge in [-0.25, -0.2) is 4.98 Å². The zero-order chi connectivity index (χ0) is 16.2. The number of halogens is 2. The lowest BCUT2D eigenvalue weighted by Crippen LogP contribution is -2.24. The topological polar surface area (TPSA) is 46.4 Å². The van der Waals surface area contributed by atoms with Crippen molar-refractivity contribution in [1.29, 1.82) is 0 Å². The van der Waals surface area contributed by atoms with Crippen LogP contribution in [0.5, 0.6) is 0 Å². The third-order valence-electron chi connectivity index (χ3n) is 3.13. The first kappa shape index (κ1) is 16.2. The van der Waals surface area contributed by atoms with Crippen LogP contribution in [0.4, 0.5) is 0 Å². The highest BCUT2D eigenvalue weighted by Gasteiger charge is 2.07. The molecule has 0 atom stereocenters. The van der Waals surface area contributed by atoms with Crippen molar-refractivity contribution in [2.75, 3.05) is 5.75 Å². The maximum atomic E-state index is 11.9. The van der Waals surface area contributed by atoms with Gasteiger partial charge in [0.25, 0.3) is 0 Å². The van der Waals surface area contributed by atoms with Crippen LogP contribution in [0.3, 0.4) is 0 Å². The summed E-state index contributed by atoms with van der Waals surface area (Å²) in [7, 11) is 0. The van der Waals surface area contributed by atoms with E-state index in [4.69, 9.17) is 23.2 Å². The number of fused-ring (bicyclic) bond motifs is 1. The van der Waals surface area contributed by atoms with E-state index in [9.17, 15) is 4.79 Å². The predicted molar refractivity (Wildman–Crippen MR) is 94.2 cm³/mol. The number of aromatic nitrogens is 2. The lowest BCUT2D eigenvalue weighted by Gasteiger charge is -2.04. The Hall–Kier alpha value is -1.69. The standard InChI is InChI=1S/C16H13Cl2N3OS/c17-11-5-6-15-20-12(9-21(15)8-11)7-19-16(22)10-23-14-4-2-1-3-13(14)18/h1-6,8-9H,7,10H2,(H,19,22). The first-order valence-electron chi connectivity index (χ1n) is 6.89. The molecule has 0 unspecified atom stereocenters.